The molecule has 1 fully saturated rings. The fourth-order valence-electron chi connectivity index (χ4n) is 1.99. The molecule has 1 unspecified atom stereocenters. The smallest absolute Gasteiger partial charge is 0.381 e. The molecule has 0 aromatic heterocycles. The van der Waals surface area contributed by atoms with Gasteiger partial charge in [0, 0.05) is 19.3 Å². The lowest BCUT2D eigenvalue weighted by Crippen LogP contribution is -2.53. The molecule has 0 saturated carbocycles. The van der Waals surface area contributed by atoms with Crippen LogP contribution in [0.1, 0.15) is 12.8 Å². The van der Waals surface area contributed by atoms with Gasteiger partial charge in [-0.15, -0.1) is 0 Å². The molecule has 0 radical (unpaired) electrons. The summed E-state index contributed by atoms with van der Waals surface area (Å²) < 4.78 is 79.2. The Bertz CT molecular complexity index is 231. The third-order valence-corrected chi connectivity index (χ3v) is 2.90. The second kappa shape index (κ2) is 5.01. The zero-order valence-corrected chi connectivity index (χ0v) is 8.81. The van der Waals surface area contributed by atoms with Gasteiger partial charge in [-0.2, -0.15) is 26.3 Å². The summed E-state index contributed by atoms with van der Waals surface area (Å²) in [6.45, 7) is 0.307. The lowest BCUT2D eigenvalue weighted by molar-refractivity contribution is -0.293. The molecule has 1 heterocycles. The molecule has 1 aliphatic rings. The van der Waals surface area contributed by atoms with Gasteiger partial charge in [-0.1, -0.05) is 0 Å². The van der Waals surface area contributed by atoms with E-state index in [0.29, 0.717) is 0 Å². The van der Waals surface area contributed by atoms with Crippen LogP contribution in [0.2, 0.25) is 0 Å². The van der Waals surface area contributed by atoms with Gasteiger partial charge in [-0.05, 0) is 18.8 Å². The second-order valence-corrected chi connectivity index (χ2v) is 4.09. The van der Waals surface area contributed by atoms with Gasteiger partial charge in [0.2, 0.25) is 0 Å². The highest BCUT2D eigenvalue weighted by Gasteiger charge is 2.60. The standard InChI is InChI=1S/C9H13F6NO/c10-8(11,12)7(9(13,14)15)6(16)5-1-3-17-4-2-5/h5-7H,1-4,16H2. The topological polar surface area (TPSA) is 35.2 Å². The maximum Gasteiger partial charge on any atom is 0.402 e. The molecule has 1 atom stereocenters. The summed E-state index contributed by atoms with van der Waals surface area (Å²) in [7, 11) is 0. The lowest BCUT2D eigenvalue weighted by Gasteiger charge is -2.35. The first-order valence-corrected chi connectivity index (χ1v) is 5.11. The van der Waals surface area contributed by atoms with Crippen LogP contribution >= 0.6 is 0 Å². The van der Waals surface area contributed by atoms with Crippen LogP contribution in [0.4, 0.5) is 26.3 Å². The number of ether oxygens (including phenoxy) is 1. The number of halogens is 6. The quantitative estimate of drug-likeness (QED) is 0.778. The molecule has 2 nitrogen and oxygen atoms in total. The molecule has 0 amide bonds. The Balaban J connectivity index is 2.82. The van der Waals surface area contributed by atoms with Crippen molar-refractivity contribution in [1.82, 2.24) is 0 Å². The minimum Gasteiger partial charge on any atom is -0.381 e. The molecule has 17 heavy (non-hydrogen) atoms. The van der Waals surface area contributed by atoms with Crippen molar-refractivity contribution in [3.63, 3.8) is 0 Å². The van der Waals surface area contributed by atoms with E-state index >= 15 is 0 Å². The zero-order valence-electron chi connectivity index (χ0n) is 8.81. The average molecular weight is 265 g/mol. The highest BCUT2D eigenvalue weighted by Crippen LogP contribution is 2.43. The minimum absolute atomic E-state index is 0.129. The van der Waals surface area contributed by atoms with Crippen molar-refractivity contribution in [2.75, 3.05) is 13.2 Å². The van der Waals surface area contributed by atoms with Gasteiger partial charge in [-0.3, -0.25) is 0 Å². The number of hydrogen-bond donors (Lipinski definition) is 1. The van der Waals surface area contributed by atoms with Crippen LogP contribution in [0.15, 0.2) is 0 Å². The van der Waals surface area contributed by atoms with Crippen LogP contribution in [0, 0.1) is 11.8 Å². The first-order chi connectivity index (χ1) is 7.64. The third-order valence-electron chi connectivity index (χ3n) is 2.90. The van der Waals surface area contributed by atoms with Crippen molar-refractivity contribution in [3.8, 4) is 0 Å². The summed E-state index contributed by atoms with van der Waals surface area (Å²) in [4.78, 5) is 0. The van der Waals surface area contributed by atoms with E-state index in [0.717, 1.165) is 0 Å². The Hall–Kier alpha value is -0.500. The maximum absolute atomic E-state index is 12.4. The van der Waals surface area contributed by atoms with Crippen LogP contribution in [0.25, 0.3) is 0 Å². The Kier molecular flexibility index (Phi) is 4.29. The summed E-state index contributed by atoms with van der Waals surface area (Å²) in [5, 5.41) is 0. The van der Waals surface area contributed by atoms with Gasteiger partial charge in [0.1, 0.15) is 0 Å². The van der Waals surface area contributed by atoms with E-state index in [1.807, 2.05) is 0 Å². The van der Waals surface area contributed by atoms with E-state index in [4.69, 9.17) is 10.5 Å². The summed E-state index contributed by atoms with van der Waals surface area (Å²) in [5.74, 6) is -4.27. The Morgan fingerprint density at radius 3 is 1.71 bits per heavy atom. The molecule has 8 heteroatoms. The zero-order chi connectivity index (χ0) is 13.3. The summed E-state index contributed by atoms with van der Waals surface area (Å²) in [6.07, 6.45) is -10.5. The molecule has 0 aliphatic carbocycles. The van der Waals surface area contributed by atoms with Gasteiger partial charge in [0.15, 0.2) is 5.92 Å². The van der Waals surface area contributed by atoms with Crippen molar-refractivity contribution in [2.45, 2.75) is 31.2 Å². The molecular weight excluding hydrogens is 252 g/mol. The molecule has 1 rings (SSSR count). The molecule has 102 valence electrons. The Morgan fingerprint density at radius 2 is 1.35 bits per heavy atom. The first-order valence-electron chi connectivity index (χ1n) is 5.11. The third kappa shape index (κ3) is 3.74. The van der Waals surface area contributed by atoms with E-state index in [2.05, 4.69) is 0 Å². The van der Waals surface area contributed by atoms with Crippen LogP contribution in [-0.2, 0) is 4.74 Å². The average Bonchev–Trinajstić information content (AvgIpc) is 2.14. The Labute approximate surface area is 94.1 Å². The largest absolute Gasteiger partial charge is 0.402 e. The van der Waals surface area contributed by atoms with E-state index in [9.17, 15) is 26.3 Å². The predicted molar refractivity (Wildman–Crippen MR) is 47.1 cm³/mol. The van der Waals surface area contributed by atoms with Crippen LogP contribution in [0.3, 0.4) is 0 Å². The van der Waals surface area contributed by atoms with Crippen molar-refractivity contribution in [2.24, 2.45) is 17.6 Å². The SMILES string of the molecule is NC(C1CCOCC1)C(C(F)(F)F)C(F)(F)F. The van der Waals surface area contributed by atoms with Crippen molar-refractivity contribution in [1.29, 1.82) is 0 Å². The fraction of sp³-hybridized carbons (Fsp3) is 1.00. The molecule has 0 bridgehead atoms. The monoisotopic (exact) mass is 265 g/mol. The molecule has 0 aromatic rings. The highest BCUT2D eigenvalue weighted by molar-refractivity contribution is 4.89. The summed E-state index contributed by atoms with van der Waals surface area (Å²) >= 11 is 0. The first kappa shape index (κ1) is 14.6. The highest BCUT2D eigenvalue weighted by atomic mass is 19.4. The minimum atomic E-state index is -5.37. The summed E-state index contributed by atoms with van der Waals surface area (Å²) in [5.41, 5.74) is 5.17. The van der Waals surface area contributed by atoms with E-state index in [-0.39, 0.29) is 26.1 Å². The normalized spacial score (nSPS) is 21.9. The van der Waals surface area contributed by atoms with Crippen LogP contribution in [-0.4, -0.2) is 31.6 Å². The molecule has 2 N–H and O–H groups in total. The van der Waals surface area contributed by atoms with Crippen LogP contribution < -0.4 is 5.73 Å². The molecule has 1 saturated heterocycles. The molecule has 0 spiro atoms. The fourth-order valence-corrected chi connectivity index (χ4v) is 1.99. The molecule has 1 aliphatic heterocycles. The van der Waals surface area contributed by atoms with Gasteiger partial charge in [0.25, 0.3) is 0 Å². The lowest BCUT2D eigenvalue weighted by atomic mass is 9.83. The van der Waals surface area contributed by atoms with E-state index in [1.165, 1.54) is 0 Å². The number of rotatable bonds is 2. The van der Waals surface area contributed by atoms with Crippen molar-refractivity contribution in [3.05, 3.63) is 0 Å². The molecule has 0 aromatic carbocycles. The number of hydrogen-bond acceptors (Lipinski definition) is 2. The van der Waals surface area contributed by atoms with Gasteiger partial charge < -0.3 is 10.5 Å². The Morgan fingerprint density at radius 1 is 0.941 bits per heavy atom. The van der Waals surface area contributed by atoms with Gasteiger partial charge in [0.05, 0.1) is 0 Å². The number of alkyl halides is 6. The van der Waals surface area contributed by atoms with E-state index in [1.54, 1.807) is 0 Å². The number of nitrogens with two attached hydrogens (primary N) is 1. The van der Waals surface area contributed by atoms with E-state index < -0.39 is 30.2 Å². The van der Waals surface area contributed by atoms with Gasteiger partial charge >= 0.3 is 12.4 Å². The maximum atomic E-state index is 12.4. The predicted octanol–water partition coefficient (Wildman–Crippen LogP) is 2.48. The summed E-state index contributed by atoms with van der Waals surface area (Å²) in [6, 6.07) is -1.96. The van der Waals surface area contributed by atoms with Crippen molar-refractivity contribution < 1.29 is 31.1 Å². The van der Waals surface area contributed by atoms with Crippen LogP contribution in [0.5, 0.6) is 0 Å². The molecular formula is C9H13F6NO. The van der Waals surface area contributed by atoms with Crippen molar-refractivity contribution >= 4 is 0 Å². The van der Waals surface area contributed by atoms with Gasteiger partial charge in [-0.25, -0.2) is 0 Å². The second-order valence-electron chi connectivity index (χ2n) is 4.09.